The Kier molecular flexibility index (Phi) is 5.01. The van der Waals surface area contributed by atoms with Crippen LogP contribution in [-0.2, 0) is 9.53 Å². The largest absolute Gasteiger partial charge is 0.372 e. The van der Waals surface area contributed by atoms with Gasteiger partial charge in [-0.1, -0.05) is 19.3 Å². The predicted molar refractivity (Wildman–Crippen MR) is 71.5 cm³/mol. The highest BCUT2D eigenvalue weighted by Crippen LogP contribution is 2.34. The third-order valence-electron chi connectivity index (χ3n) is 4.24. The van der Waals surface area contributed by atoms with Crippen molar-refractivity contribution in [1.82, 2.24) is 10.6 Å². The molecule has 0 aromatic heterocycles. The van der Waals surface area contributed by atoms with Gasteiger partial charge in [0, 0.05) is 18.2 Å². The van der Waals surface area contributed by atoms with Crippen molar-refractivity contribution in [2.24, 2.45) is 0 Å². The molecule has 0 radical (unpaired) electrons. The molecule has 0 bridgehead atoms. The highest BCUT2D eigenvalue weighted by molar-refractivity contribution is 5.77. The van der Waals surface area contributed by atoms with E-state index in [-0.39, 0.29) is 12.5 Å². The van der Waals surface area contributed by atoms with Crippen molar-refractivity contribution in [2.75, 3.05) is 19.8 Å². The first-order valence-corrected chi connectivity index (χ1v) is 7.36. The minimum Gasteiger partial charge on any atom is -0.372 e. The SMILES string of the molecule is CCOCC(=O)NC1CCNC2(CCCCC2)C1. The lowest BCUT2D eigenvalue weighted by Gasteiger charge is -2.44. The molecule has 104 valence electrons. The monoisotopic (exact) mass is 254 g/mol. The van der Waals surface area contributed by atoms with E-state index in [1.807, 2.05) is 6.92 Å². The second-order valence-corrected chi connectivity index (χ2v) is 5.66. The summed E-state index contributed by atoms with van der Waals surface area (Å²) >= 11 is 0. The molecule has 4 nitrogen and oxygen atoms in total. The van der Waals surface area contributed by atoms with Gasteiger partial charge in [0.2, 0.25) is 5.91 Å². The number of ether oxygens (including phenoxy) is 1. The van der Waals surface area contributed by atoms with Gasteiger partial charge in [0.25, 0.3) is 0 Å². The molecule has 1 spiro atoms. The Morgan fingerprint density at radius 3 is 2.89 bits per heavy atom. The summed E-state index contributed by atoms with van der Waals surface area (Å²) in [4.78, 5) is 11.7. The minimum atomic E-state index is 0.0368. The number of carbonyl (C=O) groups is 1. The molecule has 1 aliphatic heterocycles. The van der Waals surface area contributed by atoms with Crippen molar-refractivity contribution in [1.29, 1.82) is 0 Å². The first-order valence-electron chi connectivity index (χ1n) is 7.36. The number of hydrogen-bond donors (Lipinski definition) is 2. The molecule has 0 aromatic rings. The minimum absolute atomic E-state index is 0.0368. The van der Waals surface area contributed by atoms with E-state index in [1.54, 1.807) is 0 Å². The van der Waals surface area contributed by atoms with E-state index in [4.69, 9.17) is 4.74 Å². The van der Waals surface area contributed by atoms with E-state index in [0.717, 1.165) is 19.4 Å². The maximum absolute atomic E-state index is 11.7. The van der Waals surface area contributed by atoms with Crippen LogP contribution in [0.5, 0.6) is 0 Å². The van der Waals surface area contributed by atoms with Gasteiger partial charge in [0.15, 0.2) is 0 Å². The Morgan fingerprint density at radius 2 is 2.17 bits per heavy atom. The van der Waals surface area contributed by atoms with Gasteiger partial charge in [-0.3, -0.25) is 4.79 Å². The maximum Gasteiger partial charge on any atom is 0.246 e. The standard InChI is InChI=1S/C14H26N2O2/c1-2-18-11-13(17)16-12-6-9-15-14(10-12)7-4-3-5-8-14/h12,15H,2-11H2,1H3,(H,16,17). The van der Waals surface area contributed by atoms with Crippen LogP contribution in [0.1, 0.15) is 51.9 Å². The number of rotatable bonds is 4. The molecule has 4 heteroatoms. The first kappa shape index (κ1) is 13.8. The Hall–Kier alpha value is -0.610. The van der Waals surface area contributed by atoms with Gasteiger partial charge in [-0.2, -0.15) is 0 Å². The molecule has 1 amide bonds. The van der Waals surface area contributed by atoms with Gasteiger partial charge >= 0.3 is 0 Å². The molecule has 2 fully saturated rings. The van der Waals surface area contributed by atoms with E-state index < -0.39 is 0 Å². The molecule has 1 saturated carbocycles. The smallest absolute Gasteiger partial charge is 0.246 e. The zero-order valence-corrected chi connectivity index (χ0v) is 11.5. The summed E-state index contributed by atoms with van der Waals surface area (Å²) in [5.41, 5.74) is 0.306. The molecule has 2 rings (SSSR count). The zero-order valence-electron chi connectivity index (χ0n) is 11.5. The summed E-state index contributed by atoms with van der Waals surface area (Å²) in [6.07, 6.45) is 8.68. The van der Waals surface area contributed by atoms with Gasteiger partial charge in [0.05, 0.1) is 0 Å². The Labute approximate surface area is 110 Å². The third-order valence-corrected chi connectivity index (χ3v) is 4.24. The summed E-state index contributed by atoms with van der Waals surface area (Å²) in [6, 6.07) is 0.331. The summed E-state index contributed by atoms with van der Waals surface area (Å²) in [6.45, 7) is 3.74. The number of nitrogens with one attached hydrogen (secondary N) is 2. The molecule has 1 heterocycles. The Bertz CT molecular complexity index is 269. The van der Waals surface area contributed by atoms with Crippen LogP contribution in [0.4, 0.5) is 0 Å². The average Bonchev–Trinajstić information content (AvgIpc) is 2.37. The van der Waals surface area contributed by atoms with E-state index in [2.05, 4.69) is 10.6 Å². The second-order valence-electron chi connectivity index (χ2n) is 5.66. The molecule has 18 heavy (non-hydrogen) atoms. The van der Waals surface area contributed by atoms with Crippen LogP contribution in [0.25, 0.3) is 0 Å². The van der Waals surface area contributed by atoms with Crippen LogP contribution >= 0.6 is 0 Å². The second kappa shape index (κ2) is 6.53. The lowest BCUT2D eigenvalue weighted by molar-refractivity contribution is -0.126. The number of amides is 1. The van der Waals surface area contributed by atoms with Gasteiger partial charge < -0.3 is 15.4 Å². The molecule has 1 aliphatic carbocycles. The van der Waals surface area contributed by atoms with Gasteiger partial charge in [-0.05, 0) is 39.2 Å². The van der Waals surface area contributed by atoms with Crippen molar-refractivity contribution < 1.29 is 9.53 Å². The summed E-state index contributed by atoms with van der Waals surface area (Å²) < 4.78 is 5.15. The van der Waals surface area contributed by atoms with Crippen LogP contribution in [0, 0.1) is 0 Å². The van der Waals surface area contributed by atoms with Crippen LogP contribution in [-0.4, -0.2) is 37.2 Å². The molecule has 0 aromatic carbocycles. The van der Waals surface area contributed by atoms with Crippen molar-refractivity contribution in [3.63, 3.8) is 0 Å². The summed E-state index contributed by atoms with van der Waals surface area (Å²) in [5, 5.41) is 6.82. The predicted octanol–water partition coefficient (Wildman–Crippen LogP) is 1.59. The van der Waals surface area contributed by atoms with Gasteiger partial charge in [0.1, 0.15) is 6.61 Å². The Morgan fingerprint density at radius 1 is 1.39 bits per heavy atom. The fourth-order valence-corrected chi connectivity index (χ4v) is 3.35. The third kappa shape index (κ3) is 3.69. The van der Waals surface area contributed by atoms with E-state index in [1.165, 1.54) is 32.1 Å². The van der Waals surface area contributed by atoms with E-state index in [0.29, 0.717) is 18.2 Å². The summed E-state index contributed by atoms with van der Waals surface area (Å²) in [5.74, 6) is 0.0368. The van der Waals surface area contributed by atoms with Crippen LogP contribution in [0.3, 0.4) is 0 Å². The average molecular weight is 254 g/mol. The molecule has 2 N–H and O–H groups in total. The normalized spacial score (nSPS) is 27.1. The lowest BCUT2D eigenvalue weighted by Crippen LogP contribution is -2.57. The number of hydrogen-bond acceptors (Lipinski definition) is 3. The molecular formula is C14H26N2O2. The highest BCUT2D eigenvalue weighted by Gasteiger charge is 2.37. The van der Waals surface area contributed by atoms with E-state index in [9.17, 15) is 4.79 Å². The maximum atomic E-state index is 11.7. The summed E-state index contributed by atoms with van der Waals surface area (Å²) in [7, 11) is 0. The zero-order chi connectivity index (χ0) is 12.8. The fourth-order valence-electron chi connectivity index (χ4n) is 3.35. The topological polar surface area (TPSA) is 50.4 Å². The van der Waals surface area contributed by atoms with Crippen molar-refractivity contribution in [2.45, 2.75) is 63.5 Å². The molecule has 2 aliphatic rings. The molecule has 1 saturated heterocycles. The molecular weight excluding hydrogens is 228 g/mol. The number of carbonyl (C=O) groups excluding carboxylic acids is 1. The molecule has 1 unspecified atom stereocenters. The quantitative estimate of drug-likeness (QED) is 0.801. The van der Waals surface area contributed by atoms with Crippen LogP contribution in [0.2, 0.25) is 0 Å². The van der Waals surface area contributed by atoms with Crippen molar-refractivity contribution >= 4 is 5.91 Å². The van der Waals surface area contributed by atoms with E-state index >= 15 is 0 Å². The molecule has 1 atom stereocenters. The highest BCUT2D eigenvalue weighted by atomic mass is 16.5. The fraction of sp³-hybridized carbons (Fsp3) is 0.929. The van der Waals surface area contributed by atoms with Gasteiger partial charge in [-0.25, -0.2) is 0 Å². The lowest BCUT2D eigenvalue weighted by atomic mass is 9.75. The van der Waals surface area contributed by atoms with Crippen LogP contribution < -0.4 is 10.6 Å². The number of piperidine rings is 1. The van der Waals surface area contributed by atoms with Crippen LogP contribution in [0.15, 0.2) is 0 Å². The van der Waals surface area contributed by atoms with Crippen molar-refractivity contribution in [3.8, 4) is 0 Å². The first-order chi connectivity index (χ1) is 8.74. The van der Waals surface area contributed by atoms with Gasteiger partial charge in [-0.15, -0.1) is 0 Å². The Balaban J connectivity index is 1.80. The van der Waals surface area contributed by atoms with Crippen molar-refractivity contribution in [3.05, 3.63) is 0 Å².